The Hall–Kier alpha value is -0.890. The average molecular weight is 337 g/mol. The lowest BCUT2D eigenvalue weighted by atomic mass is 10.0. The maximum absolute atomic E-state index is 12.8. The van der Waals surface area contributed by atoms with Gasteiger partial charge in [-0.25, -0.2) is 0 Å². The average Bonchev–Trinajstić information content (AvgIpc) is 2.24. The van der Waals surface area contributed by atoms with E-state index < -0.39 is 50.6 Å². The zero-order valence-corrected chi connectivity index (χ0v) is 11.3. The van der Waals surface area contributed by atoms with Crippen molar-refractivity contribution in [2.75, 3.05) is 0 Å². The van der Waals surface area contributed by atoms with Gasteiger partial charge in [-0.05, 0) is 30.8 Å². The smallest absolute Gasteiger partial charge is 0.298 e. The van der Waals surface area contributed by atoms with Gasteiger partial charge in [0.25, 0.3) is 0 Å². The Labute approximate surface area is 119 Å². The fourth-order valence-corrected chi connectivity index (χ4v) is 2.50. The molecule has 9 heteroatoms. The second-order valence-electron chi connectivity index (χ2n) is 3.74. The summed E-state index contributed by atoms with van der Waals surface area (Å²) in [5.41, 5.74) is -7.00. The summed E-state index contributed by atoms with van der Waals surface area (Å²) in [5, 5.41) is -1.79. The Morgan fingerprint density at radius 1 is 1.20 bits per heavy atom. The minimum absolute atomic E-state index is 0.591. The number of carbonyl (C=O) groups excluding carboxylic acids is 1. The van der Waals surface area contributed by atoms with Gasteiger partial charge in [0.15, 0.2) is 5.78 Å². The Morgan fingerprint density at radius 2 is 1.75 bits per heavy atom. The van der Waals surface area contributed by atoms with Crippen molar-refractivity contribution in [2.45, 2.75) is 28.9 Å². The van der Waals surface area contributed by atoms with Gasteiger partial charge in [-0.2, -0.15) is 26.3 Å². The summed E-state index contributed by atoms with van der Waals surface area (Å²) in [6.07, 6.45) is -4.90. The van der Waals surface area contributed by atoms with Gasteiger partial charge in [0.05, 0.1) is 5.56 Å². The summed E-state index contributed by atoms with van der Waals surface area (Å²) in [4.78, 5) is 10.4. The summed E-state index contributed by atoms with van der Waals surface area (Å²) >= 11 is 4.82. The molecule has 1 atom stereocenters. The molecular formula is C11H7ClF6OS. The Bertz CT molecular complexity index is 511. The molecule has 0 heterocycles. The molecule has 20 heavy (non-hydrogen) atoms. The van der Waals surface area contributed by atoms with Crippen LogP contribution < -0.4 is 0 Å². The molecule has 1 aromatic carbocycles. The van der Waals surface area contributed by atoms with E-state index in [0.29, 0.717) is 6.07 Å². The highest BCUT2D eigenvalue weighted by Crippen LogP contribution is 2.46. The van der Waals surface area contributed by atoms with Crippen LogP contribution in [0.25, 0.3) is 0 Å². The van der Waals surface area contributed by atoms with E-state index in [2.05, 4.69) is 0 Å². The fraction of sp³-hybridized carbons (Fsp3) is 0.364. The van der Waals surface area contributed by atoms with Crippen LogP contribution in [-0.4, -0.2) is 11.3 Å². The molecule has 0 saturated heterocycles. The van der Waals surface area contributed by atoms with E-state index in [9.17, 15) is 31.1 Å². The fourth-order valence-electron chi connectivity index (χ4n) is 1.47. The lowest BCUT2D eigenvalue weighted by molar-refractivity contribution is -0.138. The number of ketones is 1. The van der Waals surface area contributed by atoms with E-state index in [-0.39, 0.29) is 0 Å². The van der Waals surface area contributed by atoms with E-state index in [1.807, 2.05) is 0 Å². The van der Waals surface area contributed by atoms with Crippen molar-refractivity contribution in [3.8, 4) is 0 Å². The summed E-state index contributed by atoms with van der Waals surface area (Å²) in [6, 6.07) is 2.28. The van der Waals surface area contributed by atoms with Gasteiger partial charge in [0, 0.05) is 10.5 Å². The van der Waals surface area contributed by atoms with Crippen LogP contribution in [0.5, 0.6) is 0 Å². The van der Waals surface area contributed by atoms with E-state index >= 15 is 0 Å². The summed E-state index contributed by atoms with van der Waals surface area (Å²) < 4.78 is 75.6. The summed E-state index contributed by atoms with van der Waals surface area (Å²) in [7, 11) is 0. The number of rotatable bonds is 3. The number of halogens is 7. The van der Waals surface area contributed by atoms with Gasteiger partial charge in [-0.15, -0.1) is 11.6 Å². The van der Waals surface area contributed by atoms with E-state index in [4.69, 9.17) is 11.6 Å². The normalized spacial score (nSPS) is 14.2. The minimum Gasteiger partial charge on any atom is -0.298 e. The van der Waals surface area contributed by atoms with Crippen molar-refractivity contribution >= 4 is 29.1 Å². The lowest BCUT2D eigenvalue weighted by Crippen LogP contribution is -2.15. The van der Waals surface area contributed by atoms with Crippen molar-refractivity contribution in [3.63, 3.8) is 0 Å². The van der Waals surface area contributed by atoms with Crippen molar-refractivity contribution in [1.82, 2.24) is 0 Å². The number of hydrogen-bond donors (Lipinski definition) is 0. The molecule has 1 aromatic rings. The number of thioether (sulfide) groups is 1. The van der Waals surface area contributed by atoms with Gasteiger partial charge in [-0.3, -0.25) is 4.79 Å². The third kappa shape index (κ3) is 4.31. The molecule has 0 aliphatic rings. The molecule has 112 valence electrons. The zero-order valence-electron chi connectivity index (χ0n) is 9.77. The molecule has 0 bridgehead atoms. The Morgan fingerprint density at radius 3 is 2.15 bits per heavy atom. The topological polar surface area (TPSA) is 17.1 Å². The number of hydrogen-bond acceptors (Lipinski definition) is 2. The molecule has 0 aliphatic carbocycles. The van der Waals surface area contributed by atoms with Gasteiger partial charge < -0.3 is 0 Å². The van der Waals surface area contributed by atoms with Crippen LogP contribution in [0.3, 0.4) is 0 Å². The molecule has 0 amide bonds. The molecule has 1 unspecified atom stereocenters. The number of benzene rings is 1. The molecule has 0 saturated carbocycles. The number of alkyl halides is 7. The minimum atomic E-state index is -4.90. The molecule has 0 aliphatic heterocycles. The van der Waals surface area contributed by atoms with Crippen LogP contribution in [-0.2, 0) is 11.0 Å². The Kier molecular flexibility index (Phi) is 5.02. The molecule has 0 aromatic heterocycles. The van der Waals surface area contributed by atoms with Gasteiger partial charge in [0.2, 0.25) is 0 Å². The van der Waals surface area contributed by atoms with Crippen LogP contribution in [0.2, 0.25) is 0 Å². The number of Topliss-reactive ketones (excluding diaryl/α,β-unsaturated/α-hetero) is 1. The van der Waals surface area contributed by atoms with Crippen LogP contribution in [0.4, 0.5) is 26.3 Å². The maximum atomic E-state index is 12.8. The first kappa shape index (κ1) is 17.2. The molecule has 0 fully saturated rings. The molecule has 0 N–H and O–H groups in total. The molecule has 1 nitrogen and oxygen atoms in total. The van der Waals surface area contributed by atoms with Crippen LogP contribution >= 0.6 is 23.4 Å². The highest BCUT2D eigenvalue weighted by molar-refractivity contribution is 8.00. The first-order chi connectivity index (χ1) is 8.93. The van der Waals surface area contributed by atoms with Gasteiger partial charge in [-0.1, -0.05) is 6.07 Å². The summed E-state index contributed by atoms with van der Waals surface area (Å²) in [5.74, 6) is -0.868. The molecular weight excluding hydrogens is 330 g/mol. The Balaban J connectivity index is 3.49. The van der Waals surface area contributed by atoms with Crippen molar-refractivity contribution < 1.29 is 31.1 Å². The first-order valence-electron chi connectivity index (χ1n) is 5.04. The van der Waals surface area contributed by atoms with Crippen molar-refractivity contribution in [1.29, 1.82) is 0 Å². The van der Waals surface area contributed by atoms with Crippen molar-refractivity contribution in [3.05, 3.63) is 29.3 Å². The third-order valence-electron chi connectivity index (χ3n) is 2.21. The van der Waals surface area contributed by atoms with Crippen LogP contribution in [0, 0.1) is 0 Å². The SMILES string of the molecule is CC(=O)C(Cl)c1c(SC(F)(F)F)cccc1C(F)(F)F. The predicted molar refractivity (Wildman–Crippen MR) is 62.6 cm³/mol. The molecule has 0 spiro atoms. The molecule has 0 radical (unpaired) electrons. The van der Waals surface area contributed by atoms with Gasteiger partial charge in [0.1, 0.15) is 5.38 Å². The van der Waals surface area contributed by atoms with E-state index in [0.717, 1.165) is 19.1 Å². The second-order valence-corrected chi connectivity index (χ2v) is 5.28. The van der Waals surface area contributed by atoms with Crippen LogP contribution in [0.1, 0.15) is 23.4 Å². The standard InChI is InChI=1S/C11H7ClF6OS/c1-5(19)9(12)8-6(10(13,14)15)3-2-4-7(8)20-11(16,17)18/h2-4,9H,1H3. The summed E-state index contributed by atoms with van der Waals surface area (Å²) in [6.45, 7) is 0.910. The number of carbonyl (C=O) groups is 1. The van der Waals surface area contributed by atoms with Gasteiger partial charge >= 0.3 is 11.7 Å². The van der Waals surface area contributed by atoms with E-state index in [1.165, 1.54) is 0 Å². The quantitative estimate of drug-likeness (QED) is 0.429. The molecule has 1 rings (SSSR count). The largest absolute Gasteiger partial charge is 0.446 e. The van der Waals surface area contributed by atoms with Crippen LogP contribution in [0.15, 0.2) is 23.1 Å². The maximum Gasteiger partial charge on any atom is 0.446 e. The first-order valence-corrected chi connectivity index (χ1v) is 6.29. The zero-order chi connectivity index (χ0) is 15.7. The highest BCUT2D eigenvalue weighted by atomic mass is 35.5. The third-order valence-corrected chi connectivity index (χ3v) is 3.54. The lowest BCUT2D eigenvalue weighted by Gasteiger charge is -2.19. The second kappa shape index (κ2) is 5.85. The predicted octanol–water partition coefficient (Wildman–Crippen LogP) is 5.19. The monoisotopic (exact) mass is 336 g/mol. The van der Waals surface area contributed by atoms with Crippen molar-refractivity contribution in [2.24, 2.45) is 0 Å². The van der Waals surface area contributed by atoms with E-state index in [1.54, 1.807) is 0 Å². The highest BCUT2D eigenvalue weighted by Gasteiger charge is 2.39.